The zero-order valence-corrected chi connectivity index (χ0v) is 49.7. The summed E-state index contributed by atoms with van der Waals surface area (Å²) in [5.74, 6) is -7.11. The molecular weight excluding hydrogens is 934 g/mol. The van der Waals surface area contributed by atoms with Gasteiger partial charge in [0.25, 0.3) is 5.91 Å². The molecule has 0 fully saturated rings. The molecule has 0 aliphatic rings. The molecule has 0 heterocycles. The molecule has 0 aromatic rings. The Morgan fingerprint density at radius 1 is 0.507 bits per heavy atom. The van der Waals surface area contributed by atoms with Crippen molar-refractivity contribution in [1.29, 1.82) is 0 Å². The number of hydrogen-bond acceptors (Lipinski definition) is 13. The molecule has 1 amide bonds. The zero-order valence-electron chi connectivity index (χ0n) is 48.8. The monoisotopic (exact) mass is 1030 g/mol. The zero-order chi connectivity index (χ0) is 56.6. The number of carbonyl (C=O) groups is 6. The van der Waals surface area contributed by atoms with Gasteiger partial charge in [0, 0.05) is 24.8 Å². The van der Waals surface area contributed by atoms with Crippen LogP contribution < -0.4 is 5.32 Å². The van der Waals surface area contributed by atoms with Crippen molar-refractivity contribution in [2.24, 2.45) is 49.2 Å². The Labute approximate surface area is 428 Å². The second-order valence-electron chi connectivity index (χ2n) is 28.8. The molecule has 0 aromatic heterocycles. The number of amides is 1. The second kappa shape index (κ2) is 24.6. The summed E-state index contributed by atoms with van der Waals surface area (Å²) in [7, 11) is -5.00. The lowest BCUT2D eigenvalue weighted by atomic mass is 9.71. The number of phosphoric ester groups is 1. The second-order valence-corrected chi connectivity index (χ2v) is 30.0. The van der Waals surface area contributed by atoms with Gasteiger partial charge in [0.2, 0.25) is 6.10 Å². The van der Waals surface area contributed by atoms with Gasteiger partial charge in [0.05, 0.1) is 35.1 Å². The van der Waals surface area contributed by atoms with Crippen molar-refractivity contribution in [2.45, 2.75) is 241 Å². The summed E-state index contributed by atoms with van der Waals surface area (Å²) in [6.07, 6.45) is -5.75. The maximum absolute atomic E-state index is 15.3. The lowest BCUT2D eigenvalue weighted by Gasteiger charge is -2.41. The van der Waals surface area contributed by atoms with E-state index in [-0.39, 0.29) is 37.7 Å². The average molecular weight is 1030 g/mol. The third-order valence-electron chi connectivity index (χ3n) is 11.3. The van der Waals surface area contributed by atoms with Crippen LogP contribution >= 0.6 is 7.82 Å². The van der Waals surface area contributed by atoms with Crippen LogP contribution in [0.4, 0.5) is 0 Å². The highest BCUT2D eigenvalue weighted by Crippen LogP contribution is 2.42. The molecule has 4 unspecified atom stereocenters. The average Bonchev–Trinajstić information content (AvgIpc) is 3.07. The molecule has 4 atom stereocenters. The largest absolute Gasteiger partial charge is 0.469 e. The van der Waals surface area contributed by atoms with E-state index in [0.717, 1.165) is 0 Å². The minimum Gasteiger partial charge on any atom is -0.459 e. The summed E-state index contributed by atoms with van der Waals surface area (Å²) in [5.41, 5.74) is -8.52. The number of ether oxygens (including phenoxy) is 5. The lowest BCUT2D eigenvalue weighted by molar-refractivity contribution is -0.209. The van der Waals surface area contributed by atoms with Crippen LogP contribution in [0, 0.1) is 49.2 Å². The molecular formula is C54H100NO15P. The molecule has 0 rings (SSSR count). The molecule has 416 valence electrons. The highest BCUT2D eigenvalue weighted by Gasteiger charge is 2.54. The molecule has 71 heavy (non-hydrogen) atoms. The van der Waals surface area contributed by atoms with Crippen LogP contribution in [0.5, 0.6) is 0 Å². The normalized spacial score (nSPS) is 15.8. The number of esters is 4. The van der Waals surface area contributed by atoms with Crippen LogP contribution in [0.1, 0.15) is 212 Å². The number of ketones is 1. The summed E-state index contributed by atoms with van der Waals surface area (Å²) in [5, 5.41) is 2.48. The summed E-state index contributed by atoms with van der Waals surface area (Å²) >= 11 is 0. The van der Waals surface area contributed by atoms with Crippen LogP contribution in [-0.2, 0) is 61.5 Å². The molecule has 0 bridgehead atoms. The predicted octanol–water partition coefficient (Wildman–Crippen LogP) is 10.9. The minimum absolute atomic E-state index is 0.169. The van der Waals surface area contributed by atoms with Gasteiger partial charge in [-0.2, -0.15) is 0 Å². The van der Waals surface area contributed by atoms with Crippen molar-refractivity contribution in [3.63, 3.8) is 0 Å². The fraction of sp³-hybridized carbons (Fsp3) is 0.889. The molecule has 0 spiro atoms. The van der Waals surface area contributed by atoms with Gasteiger partial charge >= 0.3 is 31.7 Å². The predicted molar refractivity (Wildman–Crippen MR) is 276 cm³/mol. The van der Waals surface area contributed by atoms with E-state index in [1.807, 2.05) is 104 Å². The molecule has 16 nitrogen and oxygen atoms in total. The highest BCUT2D eigenvalue weighted by atomic mass is 31.2. The van der Waals surface area contributed by atoms with Gasteiger partial charge in [-0.1, -0.05) is 96.9 Å². The van der Waals surface area contributed by atoms with Crippen LogP contribution in [0.2, 0.25) is 0 Å². The number of rotatable bonds is 26. The summed E-state index contributed by atoms with van der Waals surface area (Å²) < 4.78 is 47.7. The van der Waals surface area contributed by atoms with E-state index in [4.69, 9.17) is 23.7 Å². The number of hydrogen-bond donors (Lipinski definition) is 3. The fourth-order valence-corrected chi connectivity index (χ4v) is 9.99. The molecule has 0 radical (unpaired) electrons. The van der Waals surface area contributed by atoms with Crippen molar-refractivity contribution >= 4 is 43.4 Å². The number of carbonyl (C=O) groups excluding carboxylic acids is 6. The quantitative estimate of drug-likeness (QED) is 0.0317. The van der Waals surface area contributed by atoms with Crippen molar-refractivity contribution in [1.82, 2.24) is 5.32 Å². The molecule has 0 aliphatic heterocycles. The third-order valence-corrected chi connectivity index (χ3v) is 11.8. The first kappa shape index (κ1) is 68.1. The molecule has 3 N–H and O–H groups in total. The van der Waals surface area contributed by atoms with Crippen molar-refractivity contribution in [3.05, 3.63) is 0 Å². The maximum Gasteiger partial charge on any atom is 0.469 e. The summed E-state index contributed by atoms with van der Waals surface area (Å²) in [6.45, 7) is 44.3. The van der Waals surface area contributed by atoms with E-state index >= 15 is 4.79 Å². The van der Waals surface area contributed by atoms with E-state index in [1.54, 1.807) is 69.2 Å². The van der Waals surface area contributed by atoms with E-state index in [0.29, 0.717) is 6.42 Å². The van der Waals surface area contributed by atoms with Crippen LogP contribution in [-0.4, -0.2) is 94.6 Å². The summed E-state index contributed by atoms with van der Waals surface area (Å²) in [6, 6.07) is 0. The summed E-state index contributed by atoms with van der Waals surface area (Å²) in [4.78, 5) is 108. The molecule has 0 aromatic carbocycles. The Morgan fingerprint density at radius 3 is 1.24 bits per heavy atom. The van der Waals surface area contributed by atoms with Crippen molar-refractivity contribution in [2.75, 3.05) is 19.8 Å². The maximum atomic E-state index is 15.3. The van der Waals surface area contributed by atoms with E-state index in [2.05, 4.69) is 9.84 Å². The van der Waals surface area contributed by atoms with E-state index < -0.39 is 136 Å². The smallest absolute Gasteiger partial charge is 0.459 e. The van der Waals surface area contributed by atoms with Crippen LogP contribution in [0.3, 0.4) is 0 Å². The van der Waals surface area contributed by atoms with Crippen molar-refractivity contribution in [3.8, 4) is 0 Å². The van der Waals surface area contributed by atoms with Gasteiger partial charge < -0.3 is 38.8 Å². The van der Waals surface area contributed by atoms with Gasteiger partial charge in [0.1, 0.15) is 17.3 Å². The first-order valence-electron chi connectivity index (χ1n) is 25.1. The molecule has 0 saturated heterocycles. The SMILES string of the molecule is CC(C)(C)CC(C)(C)C(=O)CC(C(=O)OC(C)(C)CCOC(C)(C)C)C(OC(=O)C(C)(C)CC(C)(C)C)C(OC(=O)C(C)(C)CC(C)(C)C)C(OC(=O)C(C)(C)CC(C)(C)C)C(=O)NCCOP(=O)(O)O. The van der Waals surface area contributed by atoms with E-state index in [9.17, 15) is 38.3 Å². The Bertz CT molecular complexity index is 1860. The van der Waals surface area contributed by atoms with Crippen LogP contribution in [0.15, 0.2) is 0 Å². The van der Waals surface area contributed by atoms with Gasteiger partial charge in [-0.3, -0.25) is 33.3 Å². The third kappa shape index (κ3) is 27.3. The standard InChI is InChI=1S/C54H100NO15P/c1-45(2,3)31-50(16,17)36(56)30-35(41(58)70-54(24,25)26-28-65-49(13,14)15)37(67-42(59)51(18,19)32-46(4,5)6)38(68-43(60)52(20,21)33-47(7,8)9)39(40(57)55-27-29-66-71(62,63)64)69-44(61)53(22,23)34-48(10,11)12/h35,37-39H,26-34H2,1-25H3,(H,55,57)(H2,62,63,64). The molecule has 0 aliphatic carbocycles. The fourth-order valence-electron chi connectivity index (χ4n) is 9.66. The Kier molecular flexibility index (Phi) is 23.6. The van der Waals surface area contributed by atoms with Crippen molar-refractivity contribution < 1.29 is 71.3 Å². The topological polar surface area (TPSA) is 227 Å². The van der Waals surface area contributed by atoms with Gasteiger partial charge in [-0.25, -0.2) is 4.57 Å². The Morgan fingerprint density at radius 2 is 0.873 bits per heavy atom. The lowest BCUT2D eigenvalue weighted by Crippen LogP contribution is -2.58. The first-order valence-corrected chi connectivity index (χ1v) is 26.7. The van der Waals surface area contributed by atoms with E-state index in [1.165, 1.54) is 0 Å². The molecule has 17 heteroatoms. The van der Waals surface area contributed by atoms with Gasteiger partial charge in [-0.05, 0) is 124 Å². The number of Topliss-reactive ketones (excluding diaryl/α,β-unsaturated/α-hetero) is 1. The Balaban J connectivity index is 9.01. The van der Waals surface area contributed by atoms with Gasteiger partial charge in [-0.15, -0.1) is 0 Å². The molecule has 0 saturated carbocycles. The number of phosphoric acid groups is 1. The minimum atomic E-state index is -5.00. The van der Waals surface area contributed by atoms with Gasteiger partial charge in [0.15, 0.2) is 12.2 Å². The first-order chi connectivity index (χ1) is 31.1. The number of nitrogens with one attached hydrogen (secondary N) is 1. The highest BCUT2D eigenvalue weighted by molar-refractivity contribution is 7.46. The van der Waals surface area contributed by atoms with Crippen LogP contribution in [0.25, 0.3) is 0 Å². The Hall–Kier alpha value is -2.91.